The third kappa shape index (κ3) is 3.30. The molecule has 94 valence electrons. The van der Waals surface area contributed by atoms with E-state index in [2.05, 4.69) is 15.7 Å². The van der Waals surface area contributed by atoms with Gasteiger partial charge < -0.3 is 10.6 Å². The first kappa shape index (κ1) is 13.2. The molecular weight excluding hydrogens is 220 g/mol. The molecule has 0 saturated heterocycles. The fraction of sp³-hybridized carbons (Fsp3) is 0.545. The van der Waals surface area contributed by atoms with Crippen LogP contribution in [0.3, 0.4) is 0 Å². The van der Waals surface area contributed by atoms with Gasteiger partial charge in [-0.05, 0) is 20.8 Å². The van der Waals surface area contributed by atoms with Gasteiger partial charge in [-0.3, -0.25) is 14.3 Å². The Morgan fingerprint density at radius 1 is 1.41 bits per heavy atom. The van der Waals surface area contributed by atoms with Crippen molar-refractivity contribution >= 4 is 11.8 Å². The first-order chi connectivity index (χ1) is 7.95. The van der Waals surface area contributed by atoms with E-state index in [0.717, 1.165) is 0 Å². The van der Waals surface area contributed by atoms with Gasteiger partial charge in [0.05, 0.1) is 0 Å². The number of rotatable bonds is 4. The molecule has 0 aliphatic heterocycles. The van der Waals surface area contributed by atoms with Gasteiger partial charge in [-0.1, -0.05) is 0 Å². The normalized spacial score (nSPS) is 10.4. The van der Waals surface area contributed by atoms with Gasteiger partial charge >= 0.3 is 0 Å². The third-order valence-corrected chi connectivity index (χ3v) is 2.10. The van der Waals surface area contributed by atoms with Gasteiger partial charge in [-0.25, -0.2) is 0 Å². The highest BCUT2D eigenvalue weighted by molar-refractivity contribution is 5.97. The maximum absolute atomic E-state index is 11.7. The van der Waals surface area contributed by atoms with Crippen molar-refractivity contribution in [2.45, 2.75) is 26.8 Å². The van der Waals surface area contributed by atoms with Crippen LogP contribution < -0.4 is 10.6 Å². The fourth-order valence-electron chi connectivity index (χ4n) is 1.38. The molecule has 0 atom stereocenters. The lowest BCUT2D eigenvalue weighted by atomic mass is 10.3. The van der Waals surface area contributed by atoms with Crippen molar-refractivity contribution in [1.82, 2.24) is 20.4 Å². The summed E-state index contributed by atoms with van der Waals surface area (Å²) in [4.78, 5) is 23.3. The predicted octanol–water partition coefficient (Wildman–Crippen LogP) is 0.308. The summed E-state index contributed by atoms with van der Waals surface area (Å²) in [5.74, 6) is -0.503. The first-order valence-corrected chi connectivity index (χ1v) is 5.58. The zero-order chi connectivity index (χ0) is 13.0. The van der Waals surface area contributed by atoms with E-state index in [-0.39, 0.29) is 23.6 Å². The van der Waals surface area contributed by atoms with E-state index >= 15 is 0 Å². The van der Waals surface area contributed by atoms with Crippen molar-refractivity contribution in [2.24, 2.45) is 7.05 Å². The summed E-state index contributed by atoms with van der Waals surface area (Å²) in [7, 11) is 1.64. The van der Waals surface area contributed by atoms with Gasteiger partial charge in [-0.2, -0.15) is 5.10 Å². The van der Waals surface area contributed by atoms with Crippen LogP contribution in [0.2, 0.25) is 0 Å². The Hall–Kier alpha value is -1.85. The number of carbonyl (C=O) groups excluding carboxylic acids is 2. The van der Waals surface area contributed by atoms with Crippen molar-refractivity contribution in [3.8, 4) is 0 Å². The van der Waals surface area contributed by atoms with Crippen molar-refractivity contribution in [3.05, 3.63) is 17.5 Å². The molecule has 6 nitrogen and oxygen atoms in total. The van der Waals surface area contributed by atoms with E-state index in [1.54, 1.807) is 7.05 Å². The second kappa shape index (κ2) is 5.47. The summed E-state index contributed by atoms with van der Waals surface area (Å²) in [6.07, 6.45) is 0. The summed E-state index contributed by atoms with van der Waals surface area (Å²) in [6.45, 7) is 6.11. The molecule has 0 aliphatic carbocycles. The lowest BCUT2D eigenvalue weighted by Gasteiger charge is -2.04. The number of aromatic nitrogens is 2. The van der Waals surface area contributed by atoms with Crippen molar-refractivity contribution < 1.29 is 9.59 Å². The zero-order valence-electron chi connectivity index (χ0n) is 10.6. The number of carbonyl (C=O) groups is 2. The van der Waals surface area contributed by atoms with Crippen LogP contribution in [-0.4, -0.2) is 34.2 Å². The second-order valence-electron chi connectivity index (χ2n) is 4.03. The van der Waals surface area contributed by atoms with Crippen LogP contribution >= 0.6 is 0 Å². The summed E-state index contributed by atoms with van der Waals surface area (Å²) in [5, 5.41) is 9.40. The Bertz CT molecular complexity index is 423. The summed E-state index contributed by atoms with van der Waals surface area (Å²) >= 11 is 0. The number of hydrogen-bond donors (Lipinski definition) is 2. The smallest absolute Gasteiger partial charge is 0.272 e. The highest BCUT2D eigenvalue weighted by Crippen LogP contribution is 2.03. The lowest BCUT2D eigenvalue weighted by molar-refractivity contribution is 0.0933. The Balaban J connectivity index is 2.88. The molecule has 0 saturated carbocycles. The van der Waals surface area contributed by atoms with Crippen LogP contribution in [0.15, 0.2) is 6.07 Å². The molecular formula is C11H18N4O2. The number of hydrogen-bond acceptors (Lipinski definition) is 3. The van der Waals surface area contributed by atoms with E-state index < -0.39 is 0 Å². The van der Waals surface area contributed by atoms with Gasteiger partial charge in [0.15, 0.2) is 5.69 Å². The largest absolute Gasteiger partial charge is 0.351 e. The highest BCUT2D eigenvalue weighted by Gasteiger charge is 2.17. The average molecular weight is 238 g/mol. The minimum atomic E-state index is -0.272. The molecule has 1 aromatic rings. The Morgan fingerprint density at radius 2 is 2.06 bits per heavy atom. The van der Waals surface area contributed by atoms with E-state index in [4.69, 9.17) is 0 Å². The van der Waals surface area contributed by atoms with Crippen LogP contribution in [0.5, 0.6) is 0 Å². The molecule has 0 radical (unpaired) electrons. The molecule has 1 heterocycles. The van der Waals surface area contributed by atoms with Gasteiger partial charge in [0.2, 0.25) is 0 Å². The molecule has 0 unspecified atom stereocenters. The van der Waals surface area contributed by atoms with Gasteiger partial charge in [0.1, 0.15) is 5.69 Å². The topological polar surface area (TPSA) is 76.0 Å². The van der Waals surface area contributed by atoms with Gasteiger partial charge in [0.25, 0.3) is 11.8 Å². The number of amides is 2. The zero-order valence-corrected chi connectivity index (χ0v) is 10.6. The molecule has 0 aliphatic rings. The van der Waals surface area contributed by atoms with E-state index in [0.29, 0.717) is 12.2 Å². The molecule has 0 aromatic carbocycles. The van der Waals surface area contributed by atoms with Crippen molar-refractivity contribution in [1.29, 1.82) is 0 Å². The summed E-state index contributed by atoms with van der Waals surface area (Å²) < 4.78 is 1.40. The van der Waals surface area contributed by atoms with Crippen LogP contribution in [0.25, 0.3) is 0 Å². The van der Waals surface area contributed by atoms with E-state index in [1.807, 2.05) is 20.8 Å². The summed E-state index contributed by atoms with van der Waals surface area (Å²) in [5.41, 5.74) is 0.628. The number of nitrogens with one attached hydrogen (secondary N) is 2. The number of nitrogens with zero attached hydrogens (tertiary/aromatic N) is 2. The molecule has 6 heteroatoms. The monoisotopic (exact) mass is 238 g/mol. The fourth-order valence-corrected chi connectivity index (χ4v) is 1.38. The van der Waals surface area contributed by atoms with Gasteiger partial charge in [-0.15, -0.1) is 0 Å². The minimum Gasteiger partial charge on any atom is -0.351 e. The van der Waals surface area contributed by atoms with Crippen LogP contribution in [0.1, 0.15) is 41.7 Å². The average Bonchev–Trinajstić information content (AvgIpc) is 2.60. The molecule has 0 spiro atoms. The molecule has 2 N–H and O–H groups in total. The lowest BCUT2D eigenvalue weighted by Crippen LogP contribution is -2.30. The van der Waals surface area contributed by atoms with E-state index in [9.17, 15) is 9.59 Å². The Morgan fingerprint density at radius 3 is 2.59 bits per heavy atom. The standard InChI is InChI=1S/C11H18N4O2/c1-5-12-11(17)9-6-8(14-15(9)4)10(16)13-7(2)3/h6-7H,5H2,1-4H3,(H,12,17)(H,13,16). The van der Waals surface area contributed by atoms with E-state index in [1.165, 1.54) is 10.7 Å². The second-order valence-corrected chi connectivity index (χ2v) is 4.03. The summed E-state index contributed by atoms with van der Waals surface area (Å²) in [6, 6.07) is 1.53. The Kier molecular flexibility index (Phi) is 4.25. The minimum absolute atomic E-state index is 0.0393. The molecule has 2 amide bonds. The van der Waals surface area contributed by atoms with Crippen molar-refractivity contribution in [3.63, 3.8) is 0 Å². The molecule has 17 heavy (non-hydrogen) atoms. The maximum atomic E-state index is 11.7. The Labute approximate surface area is 100 Å². The van der Waals surface area contributed by atoms with Crippen LogP contribution in [-0.2, 0) is 7.05 Å². The molecule has 0 bridgehead atoms. The number of aryl methyl sites for hydroxylation is 1. The highest BCUT2D eigenvalue weighted by atomic mass is 16.2. The van der Waals surface area contributed by atoms with Crippen molar-refractivity contribution in [2.75, 3.05) is 6.54 Å². The maximum Gasteiger partial charge on any atom is 0.272 e. The van der Waals surface area contributed by atoms with Crippen LogP contribution in [0, 0.1) is 0 Å². The SMILES string of the molecule is CCNC(=O)c1cc(C(=O)NC(C)C)nn1C. The first-order valence-electron chi connectivity index (χ1n) is 5.58. The third-order valence-electron chi connectivity index (χ3n) is 2.10. The predicted molar refractivity (Wildman–Crippen MR) is 63.8 cm³/mol. The quantitative estimate of drug-likeness (QED) is 0.792. The molecule has 1 aromatic heterocycles. The molecule has 0 fully saturated rings. The van der Waals surface area contributed by atoms with Crippen LogP contribution in [0.4, 0.5) is 0 Å². The molecule has 1 rings (SSSR count). The van der Waals surface area contributed by atoms with Gasteiger partial charge in [0, 0.05) is 25.7 Å².